The third-order valence-electron chi connectivity index (χ3n) is 6.56. The molecule has 1 aliphatic carbocycles. The van der Waals surface area contributed by atoms with E-state index in [2.05, 4.69) is 40.5 Å². The minimum absolute atomic E-state index is 0.154. The molecule has 1 saturated carbocycles. The number of likely N-dealkylation sites (tertiary alicyclic amines) is 1. The highest BCUT2D eigenvalue weighted by Crippen LogP contribution is 2.39. The Bertz CT molecular complexity index is 771. The molecule has 1 amide bonds. The molecule has 2 fully saturated rings. The average Bonchev–Trinajstić information content (AvgIpc) is 3.24. The van der Waals surface area contributed by atoms with E-state index in [1.165, 1.54) is 12.0 Å². The van der Waals surface area contributed by atoms with Crippen molar-refractivity contribution in [3.63, 3.8) is 0 Å². The van der Waals surface area contributed by atoms with Crippen LogP contribution in [0.4, 0.5) is 0 Å². The van der Waals surface area contributed by atoms with Gasteiger partial charge in [-0.2, -0.15) is 0 Å². The van der Waals surface area contributed by atoms with E-state index < -0.39 is 5.41 Å². The van der Waals surface area contributed by atoms with Gasteiger partial charge in [-0.15, -0.1) is 0 Å². The molecule has 0 spiro atoms. The highest BCUT2D eigenvalue weighted by molar-refractivity contribution is 5.87. The fraction of sp³-hybridized carbons (Fsp3) is 0.458. The largest absolute Gasteiger partial charge is 0.352 e. The van der Waals surface area contributed by atoms with E-state index in [0.29, 0.717) is 12.0 Å². The molecular formula is C24H30N2O. The van der Waals surface area contributed by atoms with Crippen LogP contribution in [0, 0.1) is 11.8 Å². The summed E-state index contributed by atoms with van der Waals surface area (Å²) in [5.74, 6) is 1.46. The Balaban J connectivity index is 1.38. The number of hydrogen-bond donors (Lipinski definition) is 1. The average molecular weight is 363 g/mol. The monoisotopic (exact) mass is 362 g/mol. The summed E-state index contributed by atoms with van der Waals surface area (Å²) in [6.45, 7) is 7.33. The van der Waals surface area contributed by atoms with Crippen LogP contribution in [0.2, 0.25) is 0 Å². The van der Waals surface area contributed by atoms with Gasteiger partial charge in [-0.1, -0.05) is 60.7 Å². The van der Waals surface area contributed by atoms with E-state index in [9.17, 15) is 4.79 Å². The molecule has 1 aliphatic heterocycles. The molecule has 1 N–H and O–H groups in total. The lowest BCUT2D eigenvalue weighted by atomic mass is 9.83. The van der Waals surface area contributed by atoms with Crippen molar-refractivity contribution in [2.24, 2.45) is 11.8 Å². The summed E-state index contributed by atoms with van der Waals surface area (Å²) >= 11 is 0. The number of carbonyl (C=O) groups excluding carboxylic acids is 1. The number of amides is 1. The Morgan fingerprint density at radius 2 is 1.67 bits per heavy atom. The summed E-state index contributed by atoms with van der Waals surface area (Å²) in [6, 6.07) is 21.1. The van der Waals surface area contributed by atoms with Crippen molar-refractivity contribution >= 4 is 5.91 Å². The van der Waals surface area contributed by atoms with Crippen LogP contribution in [-0.4, -0.2) is 29.9 Å². The predicted molar refractivity (Wildman–Crippen MR) is 109 cm³/mol. The lowest BCUT2D eigenvalue weighted by molar-refractivity contribution is -0.126. The number of nitrogens with one attached hydrogen (secondary N) is 1. The van der Waals surface area contributed by atoms with Crippen LogP contribution < -0.4 is 5.32 Å². The Hall–Kier alpha value is -2.13. The summed E-state index contributed by atoms with van der Waals surface area (Å²) < 4.78 is 0. The molecule has 2 aromatic rings. The zero-order valence-electron chi connectivity index (χ0n) is 16.4. The maximum Gasteiger partial charge on any atom is 0.230 e. The van der Waals surface area contributed by atoms with Crippen molar-refractivity contribution in [1.29, 1.82) is 0 Å². The number of carbonyl (C=O) groups is 1. The number of hydrogen-bond acceptors (Lipinski definition) is 2. The molecule has 3 heteroatoms. The molecule has 3 atom stereocenters. The van der Waals surface area contributed by atoms with Crippen molar-refractivity contribution < 1.29 is 4.79 Å². The van der Waals surface area contributed by atoms with Gasteiger partial charge < -0.3 is 5.32 Å². The molecule has 2 aromatic carbocycles. The summed E-state index contributed by atoms with van der Waals surface area (Å²) in [5.41, 5.74) is 1.96. The first kappa shape index (κ1) is 18.2. The number of benzene rings is 2. The van der Waals surface area contributed by atoms with Crippen molar-refractivity contribution in [1.82, 2.24) is 10.2 Å². The third kappa shape index (κ3) is 3.79. The van der Waals surface area contributed by atoms with Crippen LogP contribution >= 0.6 is 0 Å². The molecule has 0 radical (unpaired) electrons. The maximum atomic E-state index is 13.1. The molecule has 2 aliphatic rings. The lowest BCUT2D eigenvalue weighted by Gasteiger charge is -2.29. The van der Waals surface area contributed by atoms with E-state index in [-0.39, 0.29) is 5.91 Å². The number of rotatable bonds is 5. The van der Waals surface area contributed by atoms with E-state index in [1.807, 2.05) is 44.2 Å². The minimum atomic E-state index is -0.498. The molecular weight excluding hydrogens is 332 g/mol. The summed E-state index contributed by atoms with van der Waals surface area (Å²) in [5, 5.41) is 3.41. The molecule has 3 nitrogen and oxygen atoms in total. The van der Waals surface area contributed by atoms with E-state index in [1.54, 1.807) is 0 Å². The Morgan fingerprint density at radius 1 is 1.00 bits per heavy atom. The van der Waals surface area contributed by atoms with Crippen molar-refractivity contribution in [3.8, 4) is 0 Å². The van der Waals surface area contributed by atoms with Gasteiger partial charge in [-0.05, 0) is 49.7 Å². The van der Waals surface area contributed by atoms with Crippen LogP contribution in [0.1, 0.15) is 37.8 Å². The van der Waals surface area contributed by atoms with Gasteiger partial charge in [0.1, 0.15) is 0 Å². The SMILES string of the molecule is CC(C)(C(=O)N[C@H]1CC[C@@H]2CN(Cc3ccccc3)C[C@@H]21)c1ccccc1. The Morgan fingerprint density at radius 3 is 2.37 bits per heavy atom. The molecule has 27 heavy (non-hydrogen) atoms. The molecule has 1 heterocycles. The normalized spacial score (nSPS) is 25.3. The molecule has 0 aromatic heterocycles. The topological polar surface area (TPSA) is 32.3 Å². The molecule has 142 valence electrons. The van der Waals surface area contributed by atoms with E-state index >= 15 is 0 Å². The standard InChI is InChI=1S/C24H30N2O/c1-24(2,20-11-7-4-8-12-20)23(27)25-22-14-13-19-16-26(17-21(19)22)15-18-9-5-3-6-10-18/h3-12,19,21-22H,13-17H2,1-2H3,(H,25,27)/t19-,21+,22+/m1/s1. The highest BCUT2D eigenvalue weighted by Gasteiger charge is 2.44. The van der Waals surface area contributed by atoms with Gasteiger partial charge in [0.2, 0.25) is 5.91 Å². The van der Waals surface area contributed by atoms with E-state index in [0.717, 1.165) is 37.5 Å². The first-order chi connectivity index (χ1) is 13.0. The zero-order valence-corrected chi connectivity index (χ0v) is 16.4. The summed E-state index contributed by atoms with van der Waals surface area (Å²) in [4.78, 5) is 15.6. The Kier molecular flexibility index (Phi) is 5.05. The third-order valence-corrected chi connectivity index (χ3v) is 6.56. The van der Waals surface area contributed by atoms with Gasteiger partial charge in [0.25, 0.3) is 0 Å². The first-order valence-electron chi connectivity index (χ1n) is 10.2. The fourth-order valence-electron chi connectivity index (χ4n) is 4.84. The minimum Gasteiger partial charge on any atom is -0.352 e. The second-order valence-electron chi connectivity index (χ2n) is 8.75. The maximum absolute atomic E-state index is 13.1. The van der Waals surface area contributed by atoms with Crippen molar-refractivity contribution in [2.75, 3.05) is 13.1 Å². The van der Waals surface area contributed by atoms with Gasteiger partial charge >= 0.3 is 0 Å². The quantitative estimate of drug-likeness (QED) is 0.872. The number of nitrogens with zero attached hydrogens (tertiary/aromatic N) is 1. The van der Waals surface area contributed by atoms with Gasteiger partial charge in [0.05, 0.1) is 5.41 Å². The van der Waals surface area contributed by atoms with Crippen LogP contribution in [0.25, 0.3) is 0 Å². The van der Waals surface area contributed by atoms with Crippen LogP contribution in [-0.2, 0) is 16.8 Å². The molecule has 1 saturated heterocycles. The van der Waals surface area contributed by atoms with Gasteiger partial charge in [0.15, 0.2) is 0 Å². The molecule has 0 bridgehead atoms. The molecule has 4 rings (SSSR count). The highest BCUT2D eigenvalue weighted by atomic mass is 16.2. The zero-order chi connectivity index (χ0) is 18.9. The Labute approximate surface area is 162 Å². The van der Waals surface area contributed by atoms with Crippen molar-refractivity contribution in [2.45, 2.75) is 44.7 Å². The smallest absolute Gasteiger partial charge is 0.230 e. The molecule has 0 unspecified atom stereocenters. The lowest BCUT2D eigenvalue weighted by Crippen LogP contribution is -2.47. The van der Waals surface area contributed by atoms with Crippen LogP contribution in [0.5, 0.6) is 0 Å². The van der Waals surface area contributed by atoms with Crippen LogP contribution in [0.15, 0.2) is 60.7 Å². The van der Waals surface area contributed by atoms with Gasteiger partial charge in [-0.3, -0.25) is 9.69 Å². The van der Waals surface area contributed by atoms with Crippen molar-refractivity contribution in [3.05, 3.63) is 71.8 Å². The van der Waals surface area contributed by atoms with E-state index in [4.69, 9.17) is 0 Å². The second kappa shape index (κ2) is 7.47. The number of fused-ring (bicyclic) bond motifs is 1. The predicted octanol–water partition coefficient (Wildman–Crippen LogP) is 3.99. The second-order valence-corrected chi connectivity index (χ2v) is 8.75. The summed E-state index contributed by atoms with van der Waals surface area (Å²) in [6.07, 6.45) is 2.35. The van der Waals surface area contributed by atoms with Crippen LogP contribution in [0.3, 0.4) is 0 Å². The van der Waals surface area contributed by atoms with Gasteiger partial charge in [-0.25, -0.2) is 0 Å². The fourth-order valence-corrected chi connectivity index (χ4v) is 4.84. The summed E-state index contributed by atoms with van der Waals surface area (Å²) in [7, 11) is 0. The first-order valence-corrected chi connectivity index (χ1v) is 10.2. The van der Waals surface area contributed by atoms with Gasteiger partial charge in [0, 0.05) is 25.7 Å².